The van der Waals surface area contributed by atoms with Crippen molar-refractivity contribution in [2.75, 3.05) is 6.61 Å². The van der Waals surface area contributed by atoms with Gasteiger partial charge in [-0.3, -0.25) is 4.90 Å². The van der Waals surface area contributed by atoms with Gasteiger partial charge in [0.15, 0.2) is 5.60 Å². The minimum atomic E-state index is -0.778. The van der Waals surface area contributed by atoms with Gasteiger partial charge in [-0.05, 0) is 18.1 Å². The zero-order valence-electron chi connectivity index (χ0n) is 14.3. The molecule has 0 N–H and O–H groups in total. The summed E-state index contributed by atoms with van der Waals surface area (Å²) in [7, 11) is 0. The molecule has 0 aliphatic carbocycles. The molecule has 0 radical (unpaired) electrons. The number of hydrogen-bond acceptors (Lipinski definition) is 4. The van der Waals surface area contributed by atoms with E-state index in [-0.39, 0.29) is 18.1 Å². The van der Waals surface area contributed by atoms with Gasteiger partial charge in [-0.1, -0.05) is 67.6 Å². The first-order valence-corrected chi connectivity index (χ1v) is 8.54. The quantitative estimate of drug-likeness (QED) is 0.795. The summed E-state index contributed by atoms with van der Waals surface area (Å²) in [6.45, 7) is 4.42. The summed E-state index contributed by atoms with van der Waals surface area (Å²) in [5.74, 6) is -0.0181. The van der Waals surface area contributed by atoms with Gasteiger partial charge in [0.1, 0.15) is 6.61 Å². The van der Waals surface area contributed by atoms with Gasteiger partial charge >= 0.3 is 6.09 Å². The molecule has 1 amide bonds. The first-order chi connectivity index (χ1) is 12.1. The van der Waals surface area contributed by atoms with E-state index in [1.54, 1.807) is 4.90 Å². The van der Waals surface area contributed by atoms with Crippen LogP contribution in [-0.4, -0.2) is 29.9 Å². The summed E-state index contributed by atoms with van der Waals surface area (Å²) in [6.07, 6.45) is -0.892. The van der Waals surface area contributed by atoms with Crippen molar-refractivity contribution >= 4 is 6.09 Å². The summed E-state index contributed by atoms with van der Waals surface area (Å²) in [6, 6.07) is 20.0. The fourth-order valence-electron chi connectivity index (χ4n) is 3.72. The fraction of sp³-hybridized carbons (Fsp3) is 0.350. The van der Waals surface area contributed by atoms with E-state index in [0.29, 0.717) is 6.61 Å². The molecule has 0 aromatic heterocycles. The molecule has 4 rings (SSSR count). The van der Waals surface area contributed by atoms with Crippen molar-refractivity contribution in [1.82, 2.24) is 4.90 Å². The van der Waals surface area contributed by atoms with Crippen LogP contribution < -0.4 is 0 Å². The first kappa shape index (κ1) is 16.1. The highest BCUT2D eigenvalue weighted by Gasteiger charge is 2.62. The van der Waals surface area contributed by atoms with E-state index in [1.165, 1.54) is 0 Å². The predicted molar refractivity (Wildman–Crippen MR) is 91.6 cm³/mol. The lowest BCUT2D eigenvalue weighted by atomic mass is 9.75. The molecule has 2 aliphatic rings. The molecule has 0 bridgehead atoms. The highest BCUT2D eigenvalue weighted by molar-refractivity contribution is 5.70. The highest BCUT2D eigenvalue weighted by atomic mass is 17.3. The molecule has 2 heterocycles. The van der Waals surface area contributed by atoms with Crippen molar-refractivity contribution in [3.8, 4) is 0 Å². The van der Waals surface area contributed by atoms with E-state index in [2.05, 4.69) is 19.1 Å². The predicted octanol–water partition coefficient (Wildman–Crippen LogP) is 3.81. The average molecular weight is 339 g/mol. The van der Waals surface area contributed by atoms with Crippen molar-refractivity contribution in [2.45, 2.75) is 37.6 Å². The Morgan fingerprint density at radius 3 is 2.24 bits per heavy atom. The second-order valence-electron chi connectivity index (χ2n) is 6.66. The van der Waals surface area contributed by atoms with E-state index in [0.717, 1.165) is 11.1 Å². The molecule has 130 valence electrons. The summed E-state index contributed by atoms with van der Waals surface area (Å²) < 4.78 is 5.20. The zero-order valence-corrected chi connectivity index (χ0v) is 14.3. The lowest BCUT2D eigenvalue weighted by Crippen LogP contribution is -2.65. The Kier molecular flexibility index (Phi) is 3.98. The molecule has 2 fully saturated rings. The number of carbonyl (C=O) groups is 1. The lowest BCUT2D eigenvalue weighted by molar-refractivity contribution is -0.545. The monoisotopic (exact) mass is 339 g/mol. The van der Waals surface area contributed by atoms with Crippen molar-refractivity contribution in [1.29, 1.82) is 0 Å². The standard InChI is InChI=1S/C20H21NO4/c1-14-13-23-19(22)21(14)18-20(25-24-18,17-11-7-4-8-12-17)15(2)16-9-5-3-6-10-16/h3-12,14-15,18H,13H2,1-2H3/t14-,15-,18+,20+/m1/s1. The minimum Gasteiger partial charge on any atom is -0.447 e. The van der Waals surface area contributed by atoms with Crippen molar-refractivity contribution in [3.05, 3.63) is 71.8 Å². The largest absolute Gasteiger partial charge is 0.447 e. The summed E-state index contributed by atoms with van der Waals surface area (Å²) in [5.41, 5.74) is 1.33. The SMILES string of the molecule is C[C@@H]1COC(=O)N1[C@H]1OO[C@]1(c1ccccc1)[C@H](C)c1ccccc1. The van der Waals surface area contributed by atoms with Crippen LogP contribution in [0.15, 0.2) is 60.7 Å². The highest BCUT2D eigenvalue weighted by Crippen LogP contribution is 2.52. The van der Waals surface area contributed by atoms with Gasteiger partial charge in [-0.2, -0.15) is 0 Å². The Labute approximate surface area is 147 Å². The maximum atomic E-state index is 12.3. The second-order valence-corrected chi connectivity index (χ2v) is 6.66. The molecule has 2 aromatic carbocycles. The van der Waals surface area contributed by atoms with Crippen LogP contribution in [0.3, 0.4) is 0 Å². The van der Waals surface area contributed by atoms with Crippen molar-refractivity contribution in [2.24, 2.45) is 0 Å². The molecule has 2 aliphatic heterocycles. The summed E-state index contributed by atoms with van der Waals surface area (Å²) >= 11 is 0. The molecule has 25 heavy (non-hydrogen) atoms. The molecule has 2 aromatic rings. The number of rotatable bonds is 4. The number of ether oxygens (including phenoxy) is 1. The molecule has 0 spiro atoms. The smallest absolute Gasteiger partial charge is 0.412 e. The number of benzene rings is 2. The summed E-state index contributed by atoms with van der Waals surface area (Å²) in [4.78, 5) is 25.2. The minimum absolute atomic E-state index is 0.0181. The normalized spacial score (nSPS) is 29.8. The van der Waals surface area contributed by atoms with Gasteiger partial charge in [-0.15, -0.1) is 0 Å². The first-order valence-electron chi connectivity index (χ1n) is 8.54. The van der Waals surface area contributed by atoms with E-state index in [9.17, 15) is 4.79 Å². The van der Waals surface area contributed by atoms with E-state index >= 15 is 0 Å². The number of cyclic esters (lactones) is 1. The molecule has 4 atom stereocenters. The lowest BCUT2D eigenvalue weighted by Gasteiger charge is -2.53. The van der Waals surface area contributed by atoms with Gasteiger partial charge in [0, 0.05) is 5.92 Å². The van der Waals surface area contributed by atoms with Crippen LogP contribution in [0.5, 0.6) is 0 Å². The van der Waals surface area contributed by atoms with Crippen LogP contribution in [0.25, 0.3) is 0 Å². The Bertz CT molecular complexity index is 751. The van der Waals surface area contributed by atoms with Crippen LogP contribution in [0.4, 0.5) is 4.79 Å². The average Bonchev–Trinajstić information content (AvgIpc) is 2.95. The van der Waals surface area contributed by atoms with Gasteiger partial charge in [0.2, 0.25) is 6.23 Å². The number of carbonyl (C=O) groups excluding carboxylic acids is 1. The van der Waals surface area contributed by atoms with Crippen molar-refractivity contribution < 1.29 is 19.3 Å². The summed E-state index contributed by atoms with van der Waals surface area (Å²) in [5, 5.41) is 0. The van der Waals surface area contributed by atoms with Crippen LogP contribution >= 0.6 is 0 Å². The Morgan fingerprint density at radius 2 is 1.72 bits per heavy atom. The van der Waals surface area contributed by atoms with E-state index < -0.39 is 11.8 Å². The molecule has 0 unspecified atom stereocenters. The molecular formula is C20H21NO4. The third-order valence-electron chi connectivity index (χ3n) is 5.20. The Morgan fingerprint density at radius 1 is 1.08 bits per heavy atom. The fourth-order valence-corrected chi connectivity index (χ4v) is 3.72. The van der Waals surface area contributed by atoms with Gasteiger partial charge in [0.05, 0.1) is 6.04 Å². The maximum absolute atomic E-state index is 12.3. The van der Waals surface area contributed by atoms with Gasteiger partial charge in [0.25, 0.3) is 0 Å². The third kappa shape index (κ3) is 2.42. The van der Waals surface area contributed by atoms with Crippen LogP contribution in [0.1, 0.15) is 30.9 Å². The Balaban J connectivity index is 1.79. The number of hydrogen-bond donors (Lipinski definition) is 0. The number of amides is 1. The van der Waals surface area contributed by atoms with E-state index in [4.69, 9.17) is 14.5 Å². The van der Waals surface area contributed by atoms with Crippen LogP contribution in [0, 0.1) is 0 Å². The Hall–Kier alpha value is -2.37. The topological polar surface area (TPSA) is 48.0 Å². The molecule has 5 nitrogen and oxygen atoms in total. The van der Waals surface area contributed by atoms with Crippen LogP contribution in [-0.2, 0) is 20.1 Å². The third-order valence-corrected chi connectivity index (χ3v) is 5.20. The maximum Gasteiger partial charge on any atom is 0.412 e. The molecule has 0 saturated carbocycles. The van der Waals surface area contributed by atoms with E-state index in [1.807, 2.05) is 55.5 Å². The molecular weight excluding hydrogens is 318 g/mol. The zero-order chi connectivity index (χ0) is 17.4. The van der Waals surface area contributed by atoms with Crippen molar-refractivity contribution in [3.63, 3.8) is 0 Å². The second kappa shape index (κ2) is 6.17. The molecule has 5 heteroatoms. The van der Waals surface area contributed by atoms with Crippen LogP contribution in [0.2, 0.25) is 0 Å². The van der Waals surface area contributed by atoms with Gasteiger partial charge in [-0.25, -0.2) is 14.6 Å². The number of nitrogens with zero attached hydrogens (tertiary/aromatic N) is 1. The molecule has 2 saturated heterocycles. The van der Waals surface area contributed by atoms with Gasteiger partial charge < -0.3 is 4.74 Å².